The highest BCUT2D eigenvalue weighted by Gasteiger charge is 2.22. The summed E-state index contributed by atoms with van der Waals surface area (Å²) in [5.41, 5.74) is 5.84. The second-order valence-electron chi connectivity index (χ2n) is 10.0. The van der Waals surface area contributed by atoms with Crippen molar-refractivity contribution < 1.29 is 19.1 Å². The van der Waals surface area contributed by atoms with Crippen molar-refractivity contribution >= 4 is 39.6 Å². The van der Waals surface area contributed by atoms with Crippen molar-refractivity contribution in [2.45, 2.75) is 0 Å². The van der Waals surface area contributed by atoms with Crippen LogP contribution < -0.4 is 5.32 Å². The molecule has 0 atom stereocenters. The van der Waals surface area contributed by atoms with Gasteiger partial charge in [0, 0.05) is 71.6 Å². The number of pyridine rings is 2. The average Bonchev–Trinajstić information content (AvgIpc) is 3.65. The molecule has 7 rings (SSSR count). The normalized spacial score (nSPS) is 15.9. The Balaban J connectivity index is 1.19. The zero-order valence-electron chi connectivity index (χ0n) is 22.2. The lowest BCUT2D eigenvalue weighted by atomic mass is 10.1. The number of rotatable bonds is 4. The molecule has 0 spiro atoms. The number of amides is 3. The summed E-state index contributed by atoms with van der Waals surface area (Å²) in [4.78, 5) is 41.9. The van der Waals surface area contributed by atoms with E-state index in [1.807, 2.05) is 41.3 Å². The monoisotopic (exact) mass is 552 g/mol. The first-order chi connectivity index (χ1) is 20.1. The van der Waals surface area contributed by atoms with Gasteiger partial charge in [0.05, 0.1) is 44.0 Å². The smallest absolute Gasteiger partial charge is 0.322 e. The third-order valence-corrected chi connectivity index (χ3v) is 7.49. The number of hydrogen-bond donors (Lipinski definition) is 3. The van der Waals surface area contributed by atoms with Crippen molar-refractivity contribution in [3.05, 3.63) is 60.6 Å². The molecule has 0 bridgehead atoms. The minimum Gasteiger partial charge on any atom is -0.378 e. The van der Waals surface area contributed by atoms with Crippen LogP contribution in [0.15, 0.2) is 55.0 Å². The van der Waals surface area contributed by atoms with Crippen LogP contribution in [0.4, 0.5) is 10.5 Å². The molecule has 3 N–H and O–H groups in total. The number of nitrogens with one attached hydrogen (secondary N) is 3. The van der Waals surface area contributed by atoms with E-state index in [-0.39, 0.29) is 11.9 Å². The van der Waals surface area contributed by atoms with Gasteiger partial charge >= 0.3 is 6.03 Å². The molecule has 5 aromatic rings. The summed E-state index contributed by atoms with van der Waals surface area (Å²) in [5.74, 6) is -0.00613. The van der Waals surface area contributed by atoms with Gasteiger partial charge in [-0.15, -0.1) is 0 Å². The number of ether oxygens (including phenoxy) is 2. The third kappa shape index (κ3) is 4.87. The minimum atomic E-state index is -0.178. The Hall–Kier alpha value is -4.81. The number of carbonyl (C=O) groups excluding carboxylic acids is 2. The van der Waals surface area contributed by atoms with Gasteiger partial charge in [0.15, 0.2) is 5.65 Å². The molecule has 208 valence electrons. The third-order valence-electron chi connectivity index (χ3n) is 7.49. The van der Waals surface area contributed by atoms with Crippen LogP contribution in [-0.2, 0) is 9.47 Å². The first-order valence-corrected chi connectivity index (χ1v) is 13.6. The number of H-pyrrole nitrogens is 2. The SMILES string of the molecule is O=C(Nc1cncc(-c2cnc3[nH]nc(-c4cc5c(C(=O)N6CCOCC6)cccc5[nH]4)c3c2)c1)N1CCOCC1. The van der Waals surface area contributed by atoms with Crippen molar-refractivity contribution in [3.8, 4) is 22.5 Å². The van der Waals surface area contributed by atoms with Crippen LogP contribution in [0.1, 0.15) is 10.4 Å². The molecule has 41 heavy (non-hydrogen) atoms. The maximum Gasteiger partial charge on any atom is 0.322 e. The molecule has 2 aliphatic heterocycles. The molecule has 1 aromatic carbocycles. The number of morpholine rings is 2. The predicted octanol–water partition coefficient (Wildman–Crippen LogP) is 3.50. The number of anilines is 1. The fraction of sp³-hybridized carbons (Fsp3) is 0.276. The summed E-state index contributed by atoms with van der Waals surface area (Å²) in [5, 5.41) is 12.2. The molecule has 2 saturated heterocycles. The molecular weight excluding hydrogens is 524 g/mol. The summed E-state index contributed by atoms with van der Waals surface area (Å²) in [6.07, 6.45) is 5.11. The number of nitrogens with zero attached hydrogens (tertiary/aromatic N) is 5. The van der Waals surface area contributed by atoms with Crippen LogP contribution in [0.3, 0.4) is 0 Å². The summed E-state index contributed by atoms with van der Waals surface area (Å²) in [6, 6.07) is 11.4. The van der Waals surface area contributed by atoms with Crippen LogP contribution in [0.25, 0.3) is 44.5 Å². The largest absolute Gasteiger partial charge is 0.378 e. The van der Waals surface area contributed by atoms with Gasteiger partial charge in [-0.2, -0.15) is 5.10 Å². The molecular formula is C29H28N8O4. The van der Waals surface area contributed by atoms with E-state index in [2.05, 4.69) is 30.5 Å². The molecule has 3 amide bonds. The van der Waals surface area contributed by atoms with Crippen molar-refractivity contribution in [3.63, 3.8) is 0 Å². The number of benzene rings is 1. The number of carbonyl (C=O) groups is 2. The number of fused-ring (bicyclic) bond motifs is 2. The van der Waals surface area contributed by atoms with E-state index in [0.29, 0.717) is 75.2 Å². The maximum atomic E-state index is 13.3. The van der Waals surface area contributed by atoms with Crippen molar-refractivity contribution in [1.82, 2.24) is 34.9 Å². The lowest BCUT2D eigenvalue weighted by Gasteiger charge is -2.27. The van der Waals surface area contributed by atoms with Crippen LogP contribution in [0.2, 0.25) is 0 Å². The highest BCUT2D eigenvalue weighted by atomic mass is 16.5. The van der Waals surface area contributed by atoms with Crippen molar-refractivity contribution in [1.29, 1.82) is 0 Å². The fourth-order valence-electron chi connectivity index (χ4n) is 5.31. The number of aromatic amines is 2. The van der Waals surface area contributed by atoms with E-state index in [1.54, 1.807) is 23.5 Å². The van der Waals surface area contributed by atoms with E-state index in [9.17, 15) is 9.59 Å². The van der Waals surface area contributed by atoms with Gasteiger partial charge in [-0.25, -0.2) is 9.78 Å². The van der Waals surface area contributed by atoms with Gasteiger partial charge in [-0.1, -0.05) is 6.07 Å². The molecule has 0 unspecified atom stereocenters. The van der Waals surface area contributed by atoms with Gasteiger partial charge in [0.1, 0.15) is 5.69 Å². The van der Waals surface area contributed by atoms with Gasteiger partial charge < -0.3 is 29.6 Å². The van der Waals surface area contributed by atoms with Crippen LogP contribution >= 0.6 is 0 Å². The summed E-state index contributed by atoms with van der Waals surface area (Å²) < 4.78 is 10.7. The average molecular weight is 553 g/mol. The molecule has 0 aliphatic carbocycles. The first kappa shape index (κ1) is 25.2. The number of hydrogen-bond acceptors (Lipinski definition) is 7. The highest BCUT2D eigenvalue weighted by molar-refractivity contribution is 6.08. The Morgan fingerprint density at radius 2 is 1.61 bits per heavy atom. The van der Waals surface area contributed by atoms with Crippen molar-refractivity contribution in [2.75, 3.05) is 57.9 Å². The molecule has 12 nitrogen and oxygen atoms in total. The molecule has 6 heterocycles. The Labute approximate surface area is 234 Å². The van der Waals surface area contributed by atoms with E-state index in [0.717, 1.165) is 33.1 Å². The predicted molar refractivity (Wildman–Crippen MR) is 153 cm³/mol. The van der Waals surface area contributed by atoms with E-state index < -0.39 is 0 Å². The Morgan fingerprint density at radius 3 is 2.41 bits per heavy atom. The molecule has 0 radical (unpaired) electrons. The molecule has 2 aliphatic rings. The van der Waals surface area contributed by atoms with E-state index in [1.165, 1.54) is 0 Å². The lowest BCUT2D eigenvalue weighted by molar-refractivity contribution is 0.0304. The van der Waals surface area contributed by atoms with Crippen LogP contribution in [0.5, 0.6) is 0 Å². The lowest BCUT2D eigenvalue weighted by Crippen LogP contribution is -2.43. The molecule has 4 aromatic heterocycles. The second-order valence-corrected chi connectivity index (χ2v) is 10.0. The van der Waals surface area contributed by atoms with Gasteiger partial charge in [-0.05, 0) is 30.3 Å². The maximum absolute atomic E-state index is 13.3. The summed E-state index contributed by atoms with van der Waals surface area (Å²) in [6.45, 7) is 4.44. The Morgan fingerprint density at radius 1 is 0.854 bits per heavy atom. The minimum absolute atomic E-state index is 0.00613. The van der Waals surface area contributed by atoms with Gasteiger partial charge in [0.2, 0.25) is 0 Å². The topological polar surface area (TPSA) is 141 Å². The van der Waals surface area contributed by atoms with E-state index >= 15 is 0 Å². The Bertz CT molecular complexity index is 1750. The van der Waals surface area contributed by atoms with Crippen LogP contribution in [-0.4, -0.2) is 99.5 Å². The molecule has 12 heteroatoms. The van der Waals surface area contributed by atoms with Crippen molar-refractivity contribution in [2.24, 2.45) is 0 Å². The Kier molecular flexibility index (Phi) is 6.53. The standard InChI is InChI=1S/C29H28N8O4/c38-28(36-4-8-40-9-5-36)21-2-1-3-24-22(21)14-25(33-24)26-23-13-19(16-31-27(23)35-34-26)18-12-20(17-30-15-18)32-29(39)37-6-10-41-11-7-37/h1-3,12-17,33H,4-11H2,(H,32,39)(H,31,34,35). The summed E-state index contributed by atoms with van der Waals surface area (Å²) >= 11 is 0. The fourth-order valence-corrected chi connectivity index (χ4v) is 5.31. The first-order valence-electron chi connectivity index (χ1n) is 13.6. The molecule has 2 fully saturated rings. The van der Waals surface area contributed by atoms with Crippen LogP contribution in [0, 0.1) is 0 Å². The number of aromatic nitrogens is 5. The zero-order chi connectivity index (χ0) is 27.8. The quantitative estimate of drug-likeness (QED) is 0.310. The number of urea groups is 1. The second kappa shape index (κ2) is 10.6. The summed E-state index contributed by atoms with van der Waals surface area (Å²) in [7, 11) is 0. The highest BCUT2D eigenvalue weighted by Crippen LogP contribution is 2.32. The zero-order valence-corrected chi connectivity index (χ0v) is 22.2. The van der Waals surface area contributed by atoms with Gasteiger partial charge in [0.25, 0.3) is 5.91 Å². The van der Waals surface area contributed by atoms with Gasteiger partial charge in [-0.3, -0.25) is 14.9 Å². The molecule has 0 saturated carbocycles. The van der Waals surface area contributed by atoms with E-state index in [4.69, 9.17) is 9.47 Å².